The van der Waals surface area contributed by atoms with Gasteiger partial charge in [-0.25, -0.2) is 0 Å². The lowest BCUT2D eigenvalue weighted by molar-refractivity contribution is -0.167. The smallest absolute Gasteiger partial charge is 0.306 e. The Labute approximate surface area is 514 Å². The number of hydrogen-bond acceptors (Lipinski definition) is 6. The summed E-state index contributed by atoms with van der Waals surface area (Å²) in [5.41, 5.74) is 0. The Hall–Kier alpha value is -3.93. The minimum Gasteiger partial charge on any atom is -0.462 e. The summed E-state index contributed by atoms with van der Waals surface area (Å²) in [5.74, 6) is -0.883. The highest BCUT2D eigenvalue weighted by Crippen LogP contribution is 2.17. The van der Waals surface area contributed by atoms with Crippen LogP contribution in [0.5, 0.6) is 0 Å². The van der Waals surface area contributed by atoms with Crippen LogP contribution in [0.1, 0.15) is 342 Å². The monoisotopic (exact) mass is 1150 g/mol. The maximum Gasteiger partial charge on any atom is 0.306 e. The lowest BCUT2D eigenvalue weighted by Gasteiger charge is -2.18. The molecule has 0 aromatic carbocycles. The van der Waals surface area contributed by atoms with E-state index in [4.69, 9.17) is 14.2 Å². The van der Waals surface area contributed by atoms with Crippen molar-refractivity contribution in [2.75, 3.05) is 13.2 Å². The van der Waals surface area contributed by atoms with E-state index in [-0.39, 0.29) is 31.1 Å². The largest absolute Gasteiger partial charge is 0.462 e. The highest BCUT2D eigenvalue weighted by Gasteiger charge is 2.19. The van der Waals surface area contributed by atoms with Crippen LogP contribution in [0.2, 0.25) is 0 Å². The molecule has 6 heteroatoms. The van der Waals surface area contributed by atoms with Crippen LogP contribution in [0.15, 0.2) is 109 Å². The number of carbonyl (C=O) groups is 3. The zero-order valence-corrected chi connectivity index (χ0v) is 54.7. The van der Waals surface area contributed by atoms with E-state index in [0.29, 0.717) is 19.3 Å². The quantitative estimate of drug-likeness (QED) is 0.0261. The van der Waals surface area contributed by atoms with Crippen molar-refractivity contribution < 1.29 is 28.6 Å². The second kappa shape index (κ2) is 70.6. The van der Waals surface area contributed by atoms with Crippen molar-refractivity contribution in [3.8, 4) is 0 Å². The van der Waals surface area contributed by atoms with Gasteiger partial charge in [0.1, 0.15) is 13.2 Å². The van der Waals surface area contributed by atoms with Crippen molar-refractivity contribution in [1.82, 2.24) is 0 Å². The lowest BCUT2D eigenvalue weighted by Crippen LogP contribution is -2.30. The van der Waals surface area contributed by atoms with E-state index in [9.17, 15) is 14.4 Å². The molecule has 0 aliphatic rings. The Morgan fingerprint density at radius 1 is 0.253 bits per heavy atom. The lowest BCUT2D eigenvalue weighted by atomic mass is 10.1. The maximum atomic E-state index is 13.0. The molecule has 0 aliphatic carbocycles. The minimum absolute atomic E-state index is 0.0824. The van der Waals surface area contributed by atoms with E-state index < -0.39 is 6.10 Å². The molecule has 0 heterocycles. The Morgan fingerprint density at radius 3 is 0.771 bits per heavy atom. The average molecular weight is 1150 g/mol. The number of carbonyl (C=O) groups excluding carboxylic acids is 3. The van der Waals surface area contributed by atoms with Crippen molar-refractivity contribution in [1.29, 1.82) is 0 Å². The molecule has 0 aromatic heterocycles. The second-order valence-electron chi connectivity index (χ2n) is 23.4. The molecular weight excluding hydrogens is 1020 g/mol. The predicted molar refractivity (Wildman–Crippen MR) is 362 cm³/mol. The molecule has 0 saturated carbocycles. The number of allylic oxidation sites excluding steroid dienone is 18. The predicted octanol–water partition coefficient (Wildman–Crippen LogP) is 24.6. The van der Waals surface area contributed by atoms with Gasteiger partial charge in [0.25, 0.3) is 0 Å². The second-order valence-corrected chi connectivity index (χ2v) is 23.4. The fourth-order valence-corrected chi connectivity index (χ4v) is 9.94. The van der Waals surface area contributed by atoms with E-state index in [1.165, 1.54) is 193 Å². The van der Waals surface area contributed by atoms with Crippen molar-refractivity contribution in [3.05, 3.63) is 109 Å². The first kappa shape index (κ1) is 79.1. The Morgan fingerprint density at radius 2 is 0.470 bits per heavy atom. The van der Waals surface area contributed by atoms with Gasteiger partial charge in [0.15, 0.2) is 6.10 Å². The van der Waals surface area contributed by atoms with Gasteiger partial charge in [0.05, 0.1) is 0 Å². The van der Waals surface area contributed by atoms with Gasteiger partial charge in [-0.05, 0) is 128 Å². The molecule has 6 nitrogen and oxygen atoms in total. The summed E-state index contributed by atoms with van der Waals surface area (Å²) >= 11 is 0. The van der Waals surface area contributed by atoms with Crippen molar-refractivity contribution >= 4 is 17.9 Å². The normalized spacial score (nSPS) is 12.8. The average Bonchev–Trinajstić information content (AvgIpc) is 3.50. The zero-order valence-electron chi connectivity index (χ0n) is 54.7. The summed E-state index contributed by atoms with van der Waals surface area (Å²) in [6.07, 6.45) is 96.7. The molecule has 0 aliphatic heterocycles. The first-order chi connectivity index (χ1) is 41.0. The highest BCUT2D eigenvalue weighted by atomic mass is 16.6. The molecular formula is C77H132O6. The molecule has 476 valence electrons. The van der Waals surface area contributed by atoms with E-state index in [1.54, 1.807) is 0 Å². The first-order valence-electron chi connectivity index (χ1n) is 35.4. The minimum atomic E-state index is -0.788. The fourth-order valence-electron chi connectivity index (χ4n) is 9.94. The Bertz CT molecular complexity index is 1660. The summed E-state index contributed by atoms with van der Waals surface area (Å²) in [6, 6.07) is 0. The third-order valence-corrected chi connectivity index (χ3v) is 15.2. The SMILES string of the molecule is CC/C=C\C/C=C\C/C=C\C/C=C\C/C=C\C/C=C\CCCCCCCCCCC(=O)OCC(COC(=O)CCCCCCCCCCC/C=C\CCCCCCCC)OC(=O)CCCCCCCCCCC/C=C\C/C=C\CCCCC. The van der Waals surface area contributed by atoms with Crippen LogP contribution in [0.25, 0.3) is 0 Å². The van der Waals surface area contributed by atoms with Crippen molar-refractivity contribution in [2.45, 2.75) is 348 Å². The number of hydrogen-bond donors (Lipinski definition) is 0. The van der Waals surface area contributed by atoms with Gasteiger partial charge >= 0.3 is 17.9 Å². The number of esters is 3. The highest BCUT2D eigenvalue weighted by molar-refractivity contribution is 5.71. The van der Waals surface area contributed by atoms with Crippen LogP contribution in [0.3, 0.4) is 0 Å². The molecule has 0 spiro atoms. The zero-order chi connectivity index (χ0) is 59.9. The summed E-state index contributed by atoms with van der Waals surface area (Å²) in [7, 11) is 0. The van der Waals surface area contributed by atoms with Crippen LogP contribution in [0.4, 0.5) is 0 Å². The van der Waals surface area contributed by atoms with E-state index in [0.717, 1.165) is 109 Å². The van der Waals surface area contributed by atoms with Gasteiger partial charge in [0, 0.05) is 19.3 Å². The summed E-state index contributed by atoms with van der Waals surface area (Å²) in [6.45, 7) is 6.53. The molecule has 0 N–H and O–H groups in total. The number of ether oxygens (including phenoxy) is 3. The molecule has 1 atom stereocenters. The van der Waals surface area contributed by atoms with Crippen molar-refractivity contribution in [2.24, 2.45) is 0 Å². The van der Waals surface area contributed by atoms with E-state index >= 15 is 0 Å². The van der Waals surface area contributed by atoms with E-state index in [2.05, 4.69) is 130 Å². The summed E-state index contributed by atoms with van der Waals surface area (Å²) in [5, 5.41) is 0. The standard InChI is InChI=1S/C77H132O6/c1-4-7-10-13-16-19-22-25-28-31-34-35-36-37-38-39-40-41-44-46-49-52-55-58-61-64-67-70-76(79)82-73-74(83-77(80)71-68-65-62-59-56-53-50-47-43-33-30-27-24-21-18-15-12-9-6-3)72-81-75(78)69-66-63-60-57-54-51-48-45-42-32-29-26-23-20-17-14-11-8-5-2/h7,10,16,18-19,21,25-30,34-35,37-38,40-41,74H,4-6,8-9,11-15,17,20,22-24,31-33,36,39,42-73H2,1-3H3/b10-7-,19-16-,21-18-,28-25-,29-26-,30-27-,35-34-,38-37-,41-40-. The Kier molecular flexibility index (Phi) is 67.2. The maximum absolute atomic E-state index is 13.0. The first-order valence-corrected chi connectivity index (χ1v) is 35.4. The van der Waals surface area contributed by atoms with Crippen LogP contribution in [0, 0.1) is 0 Å². The van der Waals surface area contributed by atoms with Crippen molar-refractivity contribution in [3.63, 3.8) is 0 Å². The molecule has 0 aromatic rings. The van der Waals surface area contributed by atoms with Crippen LogP contribution in [-0.2, 0) is 28.6 Å². The van der Waals surface area contributed by atoms with E-state index in [1.807, 2.05) is 0 Å². The van der Waals surface area contributed by atoms with Gasteiger partial charge in [-0.15, -0.1) is 0 Å². The van der Waals surface area contributed by atoms with Gasteiger partial charge in [0.2, 0.25) is 0 Å². The molecule has 1 unspecified atom stereocenters. The van der Waals surface area contributed by atoms with Gasteiger partial charge in [-0.1, -0.05) is 304 Å². The third-order valence-electron chi connectivity index (χ3n) is 15.2. The Balaban J connectivity index is 4.38. The van der Waals surface area contributed by atoms with Crippen LogP contribution >= 0.6 is 0 Å². The topological polar surface area (TPSA) is 78.9 Å². The third kappa shape index (κ3) is 68.7. The molecule has 0 bridgehead atoms. The molecule has 83 heavy (non-hydrogen) atoms. The van der Waals surface area contributed by atoms with Crippen LogP contribution < -0.4 is 0 Å². The summed E-state index contributed by atoms with van der Waals surface area (Å²) in [4.78, 5) is 38.5. The van der Waals surface area contributed by atoms with Crippen LogP contribution in [-0.4, -0.2) is 37.2 Å². The molecule has 0 rings (SSSR count). The molecule has 0 saturated heterocycles. The molecule has 0 fully saturated rings. The number of rotatable bonds is 64. The number of unbranched alkanes of at least 4 members (excludes halogenated alkanes) is 35. The summed E-state index contributed by atoms with van der Waals surface area (Å²) < 4.78 is 17.0. The molecule has 0 amide bonds. The van der Waals surface area contributed by atoms with Gasteiger partial charge in [-0.2, -0.15) is 0 Å². The van der Waals surface area contributed by atoms with Gasteiger partial charge in [-0.3, -0.25) is 14.4 Å². The molecule has 0 radical (unpaired) electrons. The fraction of sp³-hybridized carbons (Fsp3) is 0.727. The van der Waals surface area contributed by atoms with Gasteiger partial charge < -0.3 is 14.2 Å².